The molecule has 2 fully saturated rings. The highest BCUT2D eigenvalue weighted by molar-refractivity contribution is 4.77. The minimum atomic E-state index is 0.446. The predicted octanol–water partition coefficient (Wildman–Crippen LogP) is 4.15. The Kier molecular flexibility index (Phi) is 5.15. The van der Waals surface area contributed by atoms with E-state index in [0.717, 1.165) is 11.8 Å². The largest absolute Gasteiger partial charge is 0.396 e. The van der Waals surface area contributed by atoms with Crippen LogP contribution in [0.3, 0.4) is 0 Å². The molecule has 0 amide bonds. The minimum Gasteiger partial charge on any atom is -0.396 e. The van der Waals surface area contributed by atoms with Gasteiger partial charge in [-0.3, -0.25) is 0 Å². The van der Waals surface area contributed by atoms with Gasteiger partial charge in [0, 0.05) is 6.61 Å². The second-order valence-corrected chi connectivity index (χ2v) is 6.08. The molecule has 2 aliphatic carbocycles. The lowest BCUT2D eigenvalue weighted by molar-refractivity contribution is 0.115. The van der Waals surface area contributed by atoms with E-state index in [1.165, 1.54) is 70.6 Å². The highest BCUT2D eigenvalue weighted by Crippen LogP contribution is 2.36. The van der Waals surface area contributed by atoms with Gasteiger partial charge in [-0.25, -0.2) is 0 Å². The molecule has 0 aromatic rings. The second-order valence-electron chi connectivity index (χ2n) is 6.08. The molecule has 94 valence electrons. The average Bonchev–Trinajstić information content (AvgIpc) is 2.38. The van der Waals surface area contributed by atoms with Gasteiger partial charge in [0.2, 0.25) is 0 Å². The lowest BCUT2D eigenvalue weighted by Crippen LogP contribution is -2.24. The molecule has 0 spiro atoms. The Bertz CT molecular complexity index is 178. The smallest absolute Gasteiger partial charge is 0.0462 e. The van der Waals surface area contributed by atoms with Crippen LogP contribution >= 0.6 is 0 Å². The number of hydrogen-bond acceptors (Lipinski definition) is 1. The Morgan fingerprint density at radius 2 is 1.38 bits per heavy atom. The topological polar surface area (TPSA) is 20.2 Å². The zero-order chi connectivity index (χ0) is 11.2. The summed E-state index contributed by atoms with van der Waals surface area (Å²) < 4.78 is 0. The first-order valence-electron chi connectivity index (χ1n) is 7.51. The maximum atomic E-state index is 9.61. The summed E-state index contributed by atoms with van der Waals surface area (Å²) in [5, 5.41) is 9.61. The molecular weight excluding hydrogens is 196 g/mol. The summed E-state index contributed by atoms with van der Waals surface area (Å²) in [6, 6.07) is 0. The Balaban J connectivity index is 1.78. The van der Waals surface area contributed by atoms with Gasteiger partial charge in [-0.05, 0) is 24.2 Å². The van der Waals surface area contributed by atoms with Crippen LogP contribution < -0.4 is 0 Å². The highest BCUT2D eigenvalue weighted by Gasteiger charge is 2.26. The molecule has 0 saturated heterocycles. The third-order valence-corrected chi connectivity index (χ3v) is 4.91. The van der Waals surface area contributed by atoms with Gasteiger partial charge in [0.05, 0.1) is 0 Å². The van der Waals surface area contributed by atoms with E-state index in [1.807, 2.05) is 0 Å². The Hall–Kier alpha value is -0.0400. The fraction of sp³-hybridized carbons (Fsp3) is 1.00. The Morgan fingerprint density at radius 3 is 1.94 bits per heavy atom. The van der Waals surface area contributed by atoms with Crippen LogP contribution in [0.15, 0.2) is 0 Å². The van der Waals surface area contributed by atoms with E-state index < -0.39 is 0 Å². The van der Waals surface area contributed by atoms with Gasteiger partial charge in [-0.15, -0.1) is 0 Å². The molecule has 2 saturated carbocycles. The van der Waals surface area contributed by atoms with E-state index in [4.69, 9.17) is 0 Å². The maximum absolute atomic E-state index is 9.61. The number of hydrogen-bond donors (Lipinski definition) is 1. The molecule has 0 bridgehead atoms. The number of aliphatic hydroxyl groups excluding tert-OH is 1. The number of rotatable bonds is 4. The van der Waals surface area contributed by atoms with E-state index in [0.29, 0.717) is 12.5 Å². The lowest BCUT2D eigenvalue weighted by atomic mass is 9.74. The third-order valence-electron chi connectivity index (χ3n) is 4.91. The maximum Gasteiger partial charge on any atom is 0.0462 e. The van der Waals surface area contributed by atoms with Crippen LogP contribution in [0.2, 0.25) is 0 Å². The molecule has 1 heteroatoms. The first-order chi connectivity index (χ1) is 7.90. The molecular formula is C15H28O. The molecule has 1 unspecified atom stereocenters. The fourth-order valence-electron chi connectivity index (χ4n) is 3.87. The van der Waals surface area contributed by atoms with Gasteiger partial charge in [0.15, 0.2) is 0 Å². The molecule has 16 heavy (non-hydrogen) atoms. The molecule has 2 aliphatic rings. The molecule has 0 heterocycles. The summed E-state index contributed by atoms with van der Waals surface area (Å²) in [6.45, 7) is 0.446. The number of aliphatic hydroxyl groups is 1. The summed E-state index contributed by atoms with van der Waals surface area (Å²) >= 11 is 0. The molecule has 0 aromatic heterocycles. The standard InChI is InChI=1S/C15H28O/c16-12-15(14-9-5-2-6-10-14)11-13-7-3-1-4-8-13/h13-16H,1-12H2. The monoisotopic (exact) mass is 224 g/mol. The van der Waals surface area contributed by atoms with Crippen LogP contribution in [-0.2, 0) is 0 Å². The van der Waals surface area contributed by atoms with Crippen LogP contribution in [0.25, 0.3) is 0 Å². The van der Waals surface area contributed by atoms with Crippen LogP contribution in [0.4, 0.5) is 0 Å². The zero-order valence-electron chi connectivity index (χ0n) is 10.7. The Labute approximate surface area is 101 Å². The predicted molar refractivity (Wildman–Crippen MR) is 68.3 cm³/mol. The average molecular weight is 224 g/mol. The van der Waals surface area contributed by atoms with Gasteiger partial charge in [-0.1, -0.05) is 64.2 Å². The van der Waals surface area contributed by atoms with Crippen LogP contribution in [-0.4, -0.2) is 11.7 Å². The molecule has 2 rings (SSSR count). The first kappa shape index (κ1) is 12.4. The SMILES string of the molecule is OCC(CC1CCCCC1)C1CCCCC1. The second kappa shape index (κ2) is 6.64. The van der Waals surface area contributed by atoms with Crippen molar-refractivity contribution in [3.63, 3.8) is 0 Å². The fourth-order valence-corrected chi connectivity index (χ4v) is 3.87. The van der Waals surface area contributed by atoms with Gasteiger partial charge in [-0.2, -0.15) is 0 Å². The quantitative estimate of drug-likeness (QED) is 0.760. The summed E-state index contributed by atoms with van der Waals surface area (Å²) in [5.41, 5.74) is 0. The summed E-state index contributed by atoms with van der Waals surface area (Å²) in [5.74, 6) is 2.41. The van der Waals surface area contributed by atoms with Crippen molar-refractivity contribution in [1.82, 2.24) is 0 Å². The van der Waals surface area contributed by atoms with E-state index in [1.54, 1.807) is 0 Å². The summed E-state index contributed by atoms with van der Waals surface area (Å²) in [7, 11) is 0. The van der Waals surface area contributed by atoms with E-state index >= 15 is 0 Å². The van der Waals surface area contributed by atoms with Gasteiger partial charge < -0.3 is 5.11 Å². The molecule has 0 aromatic carbocycles. The van der Waals surface area contributed by atoms with Crippen molar-refractivity contribution < 1.29 is 5.11 Å². The molecule has 1 nitrogen and oxygen atoms in total. The van der Waals surface area contributed by atoms with Crippen molar-refractivity contribution in [2.75, 3.05) is 6.61 Å². The van der Waals surface area contributed by atoms with Crippen molar-refractivity contribution >= 4 is 0 Å². The molecule has 1 atom stereocenters. The Morgan fingerprint density at radius 1 is 0.812 bits per heavy atom. The summed E-state index contributed by atoms with van der Waals surface area (Å²) in [6.07, 6.45) is 15.5. The van der Waals surface area contributed by atoms with Crippen molar-refractivity contribution in [3.05, 3.63) is 0 Å². The van der Waals surface area contributed by atoms with Gasteiger partial charge >= 0.3 is 0 Å². The highest BCUT2D eigenvalue weighted by atomic mass is 16.3. The van der Waals surface area contributed by atoms with Crippen LogP contribution in [0.5, 0.6) is 0 Å². The van der Waals surface area contributed by atoms with Crippen molar-refractivity contribution in [1.29, 1.82) is 0 Å². The van der Waals surface area contributed by atoms with Gasteiger partial charge in [0.1, 0.15) is 0 Å². The van der Waals surface area contributed by atoms with E-state index in [-0.39, 0.29) is 0 Å². The molecule has 0 aliphatic heterocycles. The van der Waals surface area contributed by atoms with Crippen LogP contribution in [0, 0.1) is 17.8 Å². The third kappa shape index (κ3) is 3.48. The van der Waals surface area contributed by atoms with E-state index in [9.17, 15) is 5.11 Å². The lowest BCUT2D eigenvalue weighted by Gasteiger charge is -2.33. The zero-order valence-corrected chi connectivity index (χ0v) is 10.7. The van der Waals surface area contributed by atoms with Crippen molar-refractivity contribution in [2.24, 2.45) is 17.8 Å². The van der Waals surface area contributed by atoms with Gasteiger partial charge in [0.25, 0.3) is 0 Å². The van der Waals surface area contributed by atoms with Crippen molar-refractivity contribution in [3.8, 4) is 0 Å². The van der Waals surface area contributed by atoms with E-state index in [2.05, 4.69) is 0 Å². The van der Waals surface area contributed by atoms with Crippen molar-refractivity contribution in [2.45, 2.75) is 70.6 Å². The molecule has 0 radical (unpaired) electrons. The van der Waals surface area contributed by atoms with Crippen LogP contribution in [0.1, 0.15) is 70.6 Å². The molecule has 1 N–H and O–H groups in total. The minimum absolute atomic E-state index is 0.446. The first-order valence-corrected chi connectivity index (χ1v) is 7.51. The normalized spacial score (nSPS) is 26.8. The summed E-state index contributed by atoms with van der Waals surface area (Å²) in [4.78, 5) is 0.